The summed E-state index contributed by atoms with van der Waals surface area (Å²) in [4.78, 5) is 22.1. The number of H-pyrrole nitrogens is 1. The predicted molar refractivity (Wildman–Crippen MR) is 146 cm³/mol. The number of carbonyl (C=O) groups excluding carboxylic acids is 1. The van der Waals surface area contributed by atoms with E-state index >= 15 is 0 Å². The van der Waals surface area contributed by atoms with E-state index in [1.807, 2.05) is 4.90 Å². The number of aliphatic imine (C=N–C) groups is 1. The van der Waals surface area contributed by atoms with Crippen LogP contribution in [0.1, 0.15) is 42.1 Å². The maximum atomic E-state index is 11.9. The molecule has 1 fully saturated rings. The van der Waals surface area contributed by atoms with Crippen LogP contribution in [0.3, 0.4) is 0 Å². The molecule has 2 heterocycles. The Morgan fingerprint density at radius 1 is 1.12 bits per heavy atom. The zero-order valence-electron chi connectivity index (χ0n) is 19.5. The number of carbonyl (C=O) groups is 1. The van der Waals surface area contributed by atoms with Gasteiger partial charge in [-0.1, -0.05) is 42.5 Å². The first kappa shape index (κ1) is 25.1. The van der Waals surface area contributed by atoms with Crippen LogP contribution >= 0.6 is 24.0 Å². The molecule has 33 heavy (non-hydrogen) atoms. The molecular weight excluding hydrogens is 525 g/mol. The van der Waals surface area contributed by atoms with Crippen molar-refractivity contribution >= 4 is 46.7 Å². The molecule has 0 radical (unpaired) electrons. The Labute approximate surface area is 213 Å². The largest absolute Gasteiger partial charge is 0.358 e. The highest BCUT2D eigenvalue weighted by Crippen LogP contribution is 2.22. The van der Waals surface area contributed by atoms with Gasteiger partial charge in [-0.15, -0.1) is 24.0 Å². The van der Waals surface area contributed by atoms with Crippen LogP contribution in [0.15, 0.2) is 53.5 Å². The van der Waals surface area contributed by atoms with E-state index in [0.717, 1.165) is 44.0 Å². The molecule has 4 rings (SSSR count). The molecule has 1 saturated heterocycles. The number of hydrogen-bond acceptors (Lipinski definition) is 2. The van der Waals surface area contributed by atoms with E-state index in [2.05, 4.69) is 78.0 Å². The fourth-order valence-corrected chi connectivity index (χ4v) is 4.39. The predicted octanol–water partition coefficient (Wildman–Crippen LogP) is 4.51. The third-order valence-electron chi connectivity index (χ3n) is 5.99. The molecular formula is C26H34IN5O. The first-order valence-corrected chi connectivity index (χ1v) is 11.6. The van der Waals surface area contributed by atoms with Gasteiger partial charge in [0.15, 0.2) is 5.96 Å². The molecule has 1 aliphatic heterocycles. The third-order valence-corrected chi connectivity index (χ3v) is 5.99. The fourth-order valence-electron chi connectivity index (χ4n) is 4.39. The first-order valence-electron chi connectivity index (χ1n) is 11.6. The summed E-state index contributed by atoms with van der Waals surface area (Å²) in [6.45, 7) is 8.00. The van der Waals surface area contributed by atoms with Crippen molar-refractivity contribution in [1.29, 1.82) is 0 Å². The lowest BCUT2D eigenvalue weighted by Gasteiger charge is -2.16. The Morgan fingerprint density at radius 2 is 1.94 bits per heavy atom. The zero-order chi connectivity index (χ0) is 22.3. The molecule has 1 aliphatic rings. The van der Waals surface area contributed by atoms with Gasteiger partial charge in [0.1, 0.15) is 0 Å². The summed E-state index contributed by atoms with van der Waals surface area (Å²) in [5.74, 6) is 1.09. The Hall–Kier alpha value is -2.55. The van der Waals surface area contributed by atoms with Crippen LogP contribution < -0.4 is 10.6 Å². The zero-order valence-corrected chi connectivity index (χ0v) is 21.8. The van der Waals surface area contributed by atoms with Gasteiger partial charge in [0.25, 0.3) is 0 Å². The van der Waals surface area contributed by atoms with Crippen molar-refractivity contribution in [3.05, 3.63) is 70.9 Å². The van der Waals surface area contributed by atoms with Gasteiger partial charge in [-0.2, -0.15) is 0 Å². The second-order valence-electron chi connectivity index (χ2n) is 8.38. The lowest BCUT2D eigenvalue weighted by atomic mass is 10.1. The standard InChI is InChI=1S/C26H33N5O.HI/c1-3-27-26(28-14-13-22-19(2)30-24-11-5-4-10-23(22)24)29-17-20-8-6-9-21(16-20)18-31-15-7-12-25(31)32;/h4-6,8-11,16,30H,3,7,12-15,17-18H2,1-2H3,(H2,27,28,29);1H. The second-order valence-corrected chi connectivity index (χ2v) is 8.38. The van der Waals surface area contributed by atoms with Crippen LogP contribution in [0.5, 0.6) is 0 Å². The van der Waals surface area contributed by atoms with Crippen molar-refractivity contribution in [2.24, 2.45) is 4.99 Å². The average molecular weight is 559 g/mol. The van der Waals surface area contributed by atoms with Crippen LogP contribution in [0, 0.1) is 6.92 Å². The van der Waals surface area contributed by atoms with Crippen molar-refractivity contribution < 1.29 is 4.79 Å². The summed E-state index contributed by atoms with van der Waals surface area (Å²) in [5.41, 5.74) is 6.09. The maximum Gasteiger partial charge on any atom is 0.222 e. The number of para-hydroxylation sites is 1. The molecule has 0 atom stereocenters. The van der Waals surface area contributed by atoms with Crippen LogP contribution in [-0.2, 0) is 24.3 Å². The Morgan fingerprint density at radius 3 is 2.73 bits per heavy atom. The minimum atomic E-state index is 0. The molecule has 2 aromatic carbocycles. The number of likely N-dealkylation sites (tertiary alicyclic amines) is 1. The lowest BCUT2D eigenvalue weighted by molar-refractivity contribution is -0.128. The highest BCUT2D eigenvalue weighted by Gasteiger charge is 2.19. The molecule has 3 N–H and O–H groups in total. The van der Waals surface area contributed by atoms with Crippen LogP contribution in [-0.4, -0.2) is 41.4 Å². The Bertz CT molecular complexity index is 1110. The quantitative estimate of drug-likeness (QED) is 0.216. The van der Waals surface area contributed by atoms with Crippen molar-refractivity contribution in [3.63, 3.8) is 0 Å². The number of fused-ring (bicyclic) bond motifs is 1. The number of aryl methyl sites for hydroxylation is 1. The molecule has 1 amide bonds. The number of benzene rings is 2. The van der Waals surface area contributed by atoms with E-state index in [1.54, 1.807) is 0 Å². The van der Waals surface area contributed by atoms with Crippen molar-refractivity contribution in [1.82, 2.24) is 20.5 Å². The van der Waals surface area contributed by atoms with Crippen molar-refractivity contribution in [2.75, 3.05) is 19.6 Å². The number of nitrogens with zero attached hydrogens (tertiary/aromatic N) is 2. The first-order chi connectivity index (χ1) is 15.6. The van der Waals surface area contributed by atoms with Crippen LogP contribution in [0.2, 0.25) is 0 Å². The van der Waals surface area contributed by atoms with E-state index in [1.165, 1.54) is 27.7 Å². The van der Waals surface area contributed by atoms with Crippen molar-refractivity contribution in [3.8, 4) is 0 Å². The highest BCUT2D eigenvalue weighted by molar-refractivity contribution is 14.0. The monoisotopic (exact) mass is 559 g/mol. The number of aromatic amines is 1. The van der Waals surface area contributed by atoms with E-state index in [9.17, 15) is 4.79 Å². The molecule has 7 heteroatoms. The number of hydrogen-bond donors (Lipinski definition) is 3. The molecule has 176 valence electrons. The molecule has 3 aromatic rings. The highest BCUT2D eigenvalue weighted by atomic mass is 127. The molecule has 1 aromatic heterocycles. The Balaban J connectivity index is 0.00000306. The number of amides is 1. The SMILES string of the molecule is CCNC(=NCc1cccc(CN2CCCC2=O)c1)NCCc1c(C)[nH]c2ccccc12.I. The van der Waals surface area contributed by atoms with Crippen LogP contribution in [0.25, 0.3) is 10.9 Å². The van der Waals surface area contributed by atoms with E-state index in [-0.39, 0.29) is 29.9 Å². The van der Waals surface area contributed by atoms with Crippen molar-refractivity contribution in [2.45, 2.75) is 46.2 Å². The average Bonchev–Trinajstić information content (AvgIpc) is 3.34. The van der Waals surface area contributed by atoms with Gasteiger partial charge in [0, 0.05) is 49.2 Å². The summed E-state index contributed by atoms with van der Waals surface area (Å²) < 4.78 is 0. The van der Waals surface area contributed by atoms with E-state index < -0.39 is 0 Å². The van der Waals surface area contributed by atoms with Crippen LogP contribution in [0.4, 0.5) is 0 Å². The third kappa shape index (κ3) is 6.50. The van der Waals surface area contributed by atoms with E-state index in [0.29, 0.717) is 19.5 Å². The second kappa shape index (κ2) is 12.1. The van der Waals surface area contributed by atoms with Gasteiger partial charge in [0.05, 0.1) is 6.54 Å². The molecule has 0 aliphatic carbocycles. The minimum Gasteiger partial charge on any atom is -0.358 e. The fraction of sp³-hybridized carbons (Fsp3) is 0.385. The van der Waals surface area contributed by atoms with Gasteiger partial charge >= 0.3 is 0 Å². The summed E-state index contributed by atoms with van der Waals surface area (Å²) in [6.07, 6.45) is 2.58. The normalized spacial score (nSPS) is 13.9. The minimum absolute atomic E-state index is 0. The topological polar surface area (TPSA) is 72.5 Å². The molecule has 0 unspecified atom stereocenters. The van der Waals surface area contributed by atoms with Gasteiger partial charge in [-0.25, -0.2) is 4.99 Å². The van der Waals surface area contributed by atoms with Gasteiger partial charge in [-0.3, -0.25) is 4.79 Å². The number of aromatic nitrogens is 1. The summed E-state index contributed by atoms with van der Waals surface area (Å²) >= 11 is 0. The summed E-state index contributed by atoms with van der Waals surface area (Å²) in [5, 5.41) is 8.11. The van der Waals surface area contributed by atoms with Gasteiger partial charge < -0.3 is 20.5 Å². The van der Waals surface area contributed by atoms with Gasteiger partial charge in [0.2, 0.25) is 5.91 Å². The molecule has 0 bridgehead atoms. The lowest BCUT2D eigenvalue weighted by Crippen LogP contribution is -2.38. The van der Waals surface area contributed by atoms with E-state index in [4.69, 9.17) is 4.99 Å². The molecule has 6 nitrogen and oxygen atoms in total. The maximum absolute atomic E-state index is 11.9. The van der Waals surface area contributed by atoms with Gasteiger partial charge in [-0.05, 0) is 49.4 Å². The summed E-state index contributed by atoms with van der Waals surface area (Å²) in [7, 11) is 0. The molecule has 0 saturated carbocycles. The molecule has 0 spiro atoms. The number of halogens is 1. The smallest absolute Gasteiger partial charge is 0.222 e. The Kier molecular flexibility index (Phi) is 9.17. The number of nitrogens with one attached hydrogen (secondary N) is 3. The number of rotatable bonds is 8. The summed E-state index contributed by atoms with van der Waals surface area (Å²) in [6, 6.07) is 16.9. The number of guanidine groups is 1.